The van der Waals surface area contributed by atoms with E-state index in [0.29, 0.717) is 5.92 Å². The summed E-state index contributed by atoms with van der Waals surface area (Å²) in [6.07, 6.45) is 3.69. The van der Waals surface area contributed by atoms with Gasteiger partial charge in [-0.25, -0.2) is 0 Å². The zero-order chi connectivity index (χ0) is 9.26. The molecule has 1 saturated carbocycles. The Balaban J connectivity index is 2.19. The van der Waals surface area contributed by atoms with Gasteiger partial charge in [-0.1, -0.05) is 34.5 Å². The Morgan fingerprint density at radius 2 is 2.15 bits per heavy atom. The molecule has 0 heterocycles. The lowest BCUT2D eigenvalue weighted by atomic mass is 9.79. The monoisotopic (exact) mass is 237 g/mol. The molecule has 68 valence electrons. The molecule has 2 heteroatoms. The maximum absolute atomic E-state index is 7.96. The van der Waals surface area contributed by atoms with Crippen LogP contribution in [0, 0.1) is 11.3 Å². The summed E-state index contributed by atoms with van der Waals surface area (Å²) in [5.74, 6) is 0.522. The quantitative estimate of drug-likeness (QED) is 0.761. The first-order valence-corrected chi connectivity index (χ1v) is 5.41. The van der Waals surface area contributed by atoms with Crippen molar-refractivity contribution in [3.63, 3.8) is 0 Å². The third kappa shape index (κ3) is 1.83. The number of benzene rings is 1. The van der Waals surface area contributed by atoms with Gasteiger partial charge in [-0.3, -0.25) is 0 Å². The third-order valence-electron chi connectivity index (χ3n) is 2.65. The SMILES string of the molecule is N=C(c1cccc(Br)c1)C1CCC1. The predicted molar refractivity (Wildman–Crippen MR) is 58.3 cm³/mol. The van der Waals surface area contributed by atoms with Crippen molar-refractivity contribution in [3.8, 4) is 0 Å². The maximum Gasteiger partial charge on any atom is 0.0417 e. The minimum Gasteiger partial charge on any atom is -0.304 e. The molecule has 2 rings (SSSR count). The van der Waals surface area contributed by atoms with Gasteiger partial charge in [-0.15, -0.1) is 0 Å². The molecule has 0 aromatic heterocycles. The molecule has 0 amide bonds. The highest BCUT2D eigenvalue weighted by molar-refractivity contribution is 9.10. The minimum absolute atomic E-state index is 0.522. The molecular formula is C11H12BrN. The topological polar surface area (TPSA) is 23.9 Å². The molecule has 0 spiro atoms. The Bertz CT molecular complexity index is 329. The Hall–Kier alpha value is -0.630. The van der Waals surface area contributed by atoms with Crippen LogP contribution in [0.4, 0.5) is 0 Å². The zero-order valence-corrected chi connectivity index (χ0v) is 8.97. The summed E-state index contributed by atoms with van der Waals surface area (Å²) in [6.45, 7) is 0. The highest BCUT2D eigenvalue weighted by Crippen LogP contribution is 2.30. The lowest BCUT2D eigenvalue weighted by Gasteiger charge is -2.26. The fourth-order valence-corrected chi connectivity index (χ4v) is 1.99. The molecule has 1 aromatic rings. The van der Waals surface area contributed by atoms with Crippen LogP contribution in [0.1, 0.15) is 24.8 Å². The van der Waals surface area contributed by atoms with E-state index in [4.69, 9.17) is 5.41 Å². The van der Waals surface area contributed by atoms with Gasteiger partial charge >= 0.3 is 0 Å². The van der Waals surface area contributed by atoms with Crippen LogP contribution >= 0.6 is 15.9 Å². The van der Waals surface area contributed by atoms with Crippen LogP contribution in [-0.4, -0.2) is 5.71 Å². The van der Waals surface area contributed by atoms with Crippen LogP contribution < -0.4 is 0 Å². The Morgan fingerprint density at radius 1 is 1.38 bits per heavy atom. The fourth-order valence-electron chi connectivity index (χ4n) is 1.59. The third-order valence-corrected chi connectivity index (χ3v) is 3.14. The van der Waals surface area contributed by atoms with Gasteiger partial charge in [0, 0.05) is 16.1 Å². The summed E-state index contributed by atoms with van der Waals surface area (Å²) in [5.41, 5.74) is 1.88. The zero-order valence-electron chi connectivity index (χ0n) is 7.39. The first kappa shape index (κ1) is 8.95. The number of hydrogen-bond donors (Lipinski definition) is 1. The van der Waals surface area contributed by atoms with Gasteiger partial charge < -0.3 is 5.41 Å². The van der Waals surface area contributed by atoms with Crippen LogP contribution in [0.25, 0.3) is 0 Å². The molecular weight excluding hydrogens is 226 g/mol. The molecule has 1 aromatic carbocycles. The van der Waals surface area contributed by atoms with Crippen LogP contribution in [0.15, 0.2) is 28.7 Å². The van der Waals surface area contributed by atoms with E-state index in [1.54, 1.807) is 0 Å². The van der Waals surface area contributed by atoms with Crippen LogP contribution in [0.5, 0.6) is 0 Å². The molecule has 0 radical (unpaired) electrons. The smallest absolute Gasteiger partial charge is 0.0417 e. The molecule has 0 saturated heterocycles. The maximum atomic E-state index is 7.96. The van der Waals surface area contributed by atoms with Gasteiger partial charge in [0.1, 0.15) is 0 Å². The van der Waals surface area contributed by atoms with E-state index in [9.17, 15) is 0 Å². The highest BCUT2D eigenvalue weighted by atomic mass is 79.9. The molecule has 1 nitrogen and oxygen atoms in total. The van der Waals surface area contributed by atoms with Gasteiger partial charge in [0.05, 0.1) is 0 Å². The molecule has 0 unspecified atom stereocenters. The summed E-state index contributed by atoms with van der Waals surface area (Å²) in [7, 11) is 0. The number of rotatable bonds is 2. The molecule has 13 heavy (non-hydrogen) atoms. The second-order valence-electron chi connectivity index (χ2n) is 3.55. The Kier molecular flexibility index (Phi) is 2.49. The van der Waals surface area contributed by atoms with Gasteiger partial charge in [0.25, 0.3) is 0 Å². The standard InChI is InChI=1S/C11H12BrN/c12-10-6-2-5-9(7-10)11(13)8-3-1-4-8/h2,5-8,13H,1,3-4H2. The van der Waals surface area contributed by atoms with Crippen molar-refractivity contribution >= 4 is 21.6 Å². The molecule has 1 fully saturated rings. The van der Waals surface area contributed by atoms with E-state index in [0.717, 1.165) is 15.7 Å². The predicted octanol–water partition coefficient (Wildman–Crippen LogP) is 3.62. The lowest BCUT2D eigenvalue weighted by molar-refractivity contribution is 0.412. The average molecular weight is 238 g/mol. The van der Waals surface area contributed by atoms with Crippen molar-refractivity contribution in [1.82, 2.24) is 0 Å². The van der Waals surface area contributed by atoms with Crippen LogP contribution in [-0.2, 0) is 0 Å². The molecule has 0 atom stereocenters. The Morgan fingerprint density at radius 3 is 2.69 bits per heavy atom. The summed E-state index contributed by atoms with van der Waals surface area (Å²) in [4.78, 5) is 0. The lowest BCUT2D eigenvalue weighted by Crippen LogP contribution is -2.21. The average Bonchev–Trinajstić information content (AvgIpc) is 2.01. The van der Waals surface area contributed by atoms with Gasteiger partial charge in [-0.05, 0) is 30.5 Å². The molecule has 0 aliphatic heterocycles. The second kappa shape index (κ2) is 3.62. The Labute approximate surface area is 86.8 Å². The molecule has 1 aliphatic rings. The summed E-state index contributed by atoms with van der Waals surface area (Å²) in [6, 6.07) is 8.04. The van der Waals surface area contributed by atoms with Crippen molar-refractivity contribution in [3.05, 3.63) is 34.3 Å². The van der Waals surface area contributed by atoms with E-state index in [-0.39, 0.29) is 0 Å². The first-order chi connectivity index (χ1) is 6.27. The van der Waals surface area contributed by atoms with Gasteiger partial charge in [0.2, 0.25) is 0 Å². The number of hydrogen-bond acceptors (Lipinski definition) is 1. The first-order valence-electron chi connectivity index (χ1n) is 4.62. The largest absolute Gasteiger partial charge is 0.304 e. The van der Waals surface area contributed by atoms with Crippen molar-refractivity contribution in [2.24, 2.45) is 5.92 Å². The summed E-state index contributed by atoms with van der Waals surface area (Å²) >= 11 is 3.42. The second-order valence-corrected chi connectivity index (χ2v) is 4.47. The van der Waals surface area contributed by atoms with Crippen molar-refractivity contribution in [2.45, 2.75) is 19.3 Å². The number of halogens is 1. The van der Waals surface area contributed by atoms with E-state index >= 15 is 0 Å². The highest BCUT2D eigenvalue weighted by Gasteiger charge is 2.22. The summed E-state index contributed by atoms with van der Waals surface area (Å²) in [5, 5.41) is 7.96. The van der Waals surface area contributed by atoms with Crippen molar-refractivity contribution < 1.29 is 0 Å². The normalized spacial score (nSPS) is 16.7. The van der Waals surface area contributed by atoms with E-state index in [2.05, 4.69) is 15.9 Å². The van der Waals surface area contributed by atoms with Gasteiger partial charge in [-0.2, -0.15) is 0 Å². The molecule has 1 N–H and O–H groups in total. The summed E-state index contributed by atoms with van der Waals surface area (Å²) < 4.78 is 1.06. The van der Waals surface area contributed by atoms with E-state index in [1.807, 2.05) is 24.3 Å². The van der Waals surface area contributed by atoms with Crippen LogP contribution in [0.3, 0.4) is 0 Å². The van der Waals surface area contributed by atoms with E-state index < -0.39 is 0 Å². The molecule has 0 bridgehead atoms. The van der Waals surface area contributed by atoms with Crippen LogP contribution in [0.2, 0.25) is 0 Å². The van der Waals surface area contributed by atoms with Gasteiger partial charge in [0.15, 0.2) is 0 Å². The number of nitrogens with one attached hydrogen (secondary N) is 1. The minimum atomic E-state index is 0.522. The fraction of sp³-hybridized carbons (Fsp3) is 0.364. The molecule has 1 aliphatic carbocycles. The van der Waals surface area contributed by atoms with Crippen molar-refractivity contribution in [2.75, 3.05) is 0 Å². The van der Waals surface area contributed by atoms with Crippen molar-refractivity contribution in [1.29, 1.82) is 5.41 Å². The van der Waals surface area contributed by atoms with E-state index in [1.165, 1.54) is 19.3 Å².